The van der Waals surface area contributed by atoms with E-state index in [2.05, 4.69) is 37.0 Å². The van der Waals surface area contributed by atoms with Crippen LogP contribution in [0, 0.1) is 35.4 Å². The van der Waals surface area contributed by atoms with Gasteiger partial charge in [-0.3, -0.25) is 4.98 Å². The van der Waals surface area contributed by atoms with Crippen LogP contribution in [0.4, 0.5) is 28.9 Å². The molecule has 4 aromatic rings. The second-order valence-electron chi connectivity index (χ2n) is 11.3. The van der Waals surface area contributed by atoms with Gasteiger partial charge in [-0.2, -0.15) is 9.65 Å². The Labute approximate surface area is 228 Å². The van der Waals surface area contributed by atoms with E-state index in [9.17, 15) is 18.4 Å². The van der Waals surface area contributed by atoms with Crippen LogP contribution >= 0.6 is 0 Å². The maximum Gasteiger partial charge on any atom is 0.263 e. The number of aryl methyl sites for hydroxylation is 1. The molecule has 0 spiro atoms. The number of fused-ring (bicyclic) bond motifs is 1. The first-order valence-corrected chi connectivity index (χ1v) is 12.8. The Balaban J connectivity index is 1.60. The molecule has 208 valence electrons. The van der Waals surface area contributed by atoms with Gasteiger partial charge < -0.3 is 10.6 Å². The van der Waals surface area contributed by atoms with E-state index in [1.165, 1.54) is 35.3 Å². The molecule has 3 heterocycles. The van der Waals surface area contributed by atoms with Gasteiger partial charge in [0.1, 0.15) is 22.8 Å². The van der Waals surface area contributed by atoms with Crippen molar-refractivity contribution >= 4 is 22.3 Å². The van der Waals surface area contributed by atoms with E-state index >= 15 is 4.39 Å². The fourth-order valence-corrected chi connectivity index (χ4v) is 4.60. The van der Waals surface area contributed by atoms with Crippen molar-refractivity contribution in [3.63, 3.8) is 0 Å². The number of nitriles is 1. The molecule has 8 nitrogen and oxygen atoms in total. The standard InChI is InChI=1S/C28H28F4N8/c1-15-18(5-6-22(30)36-15)25(21-13-40(39-38-21)28(7-8-28)26(31)32)37-17-9-19-23(35-14-27(2,3)4)16(11-33)12-34-24(19)20(29)10-17/h5-6,9-10,12-13,25-26,37H,7-8,14H2,1-4H3,(H,34,35). The minimum Gasteiger partial charge on any atom is -0.383 e. The van der Waals surface area contributed by atoms with E-state index in [4.69, 9.17) is 0 Å². The van der Waals surface area contributed by atoms with Gasteiger partial charge >= 0.3 is 0 Å². The fraction of sp³-hybridized carbons (Fsp3) is 0.393. The fourth-order valence-electron chi connectivity index (χ4n) is 4.60. The van der Waals surface area contributed by atoms with Crippen molar-refractivity contribution in [2.24, 2.45) is 5.41 Å². The van der Waals surface area contributed by atoms with Crippen molar-refractivity contribution in [3.8, 4) is 6.07 Å². The number of rotatable bonds is 8. The van der Waals surface area contributed by atoms with Crippen LogP contribution in [0.5, 0.6) is 0 Å². The lowest BCUT2D eigenvalue weighted by atomic mass is 9.96. The van der Waals surface area contributed by atoms with Crippen molar-refractivity contribution in [3.05, 3.63) is 70.9 Å². The van der Waals surface area contributed by atoms with Crippen molar-refractivity contribution in [1.29, 1.82) is 5.26 Å². The van der Waals surface area contributed by atoms with E-state index in [-0.39, 0.29) is 35.0 Å². The maximum absolute atomic E-state index is 15.4. The van der Waals surface area contributed by atoms with Gasteiger partial charge in [-0.25, -0.2) is 22.8 Å². The first-order chi connectivity index (χ1) is 18.9. The average molecular weight is 553 g/mol. The topological polar surface area (TPSA) is 104 Å². The monoisotopic (exact) mass is 552 g/mol. The molecule has 12 heteroatoms. The van der Waals surface area contributed by atoms with Crippen LogP contribution in [0.3, 0.4) is 0 Å². The highest BCUT2D eigenvalue weighted by molar-refractivity contribution is 5.96. The Hall–Kier alpha value is -4.27. The zero-order valence-corrected chi connectivity index (χ0v) is 22.4. The summed E-state index contributed by atoms with van der Waals surface area (Å²) in [5.41, 5.74) is 0.683. The predicted octanol–water partition coefficient (Wildman–Crippen LogP) is 6.09. The van der Waals surface area contributed by atoms with Gasteiger partial charge in [0, 0.05) is 35.1 Å². The molecule has 0 bridgehead atoms. The van der Waals surface area contributed by atoms with Crippen molar-refractivity contribution in [1.82, 2.24) is 25.0 Å². The lowest BCUT2D eigenvalue weighted by Gasteiger charge is -2.22. The van der Waals surface area contributed by atoms with E-state index in [0.717, 1.165) is 0 Å². The first-order valence-electron chi connectivity index (χ1n) is 12.8. The minimum absolute atomic E-state index is 0.0793. The van der Waals surface area contributed by atoms with Crippen LogP contribution in [0.2, 0.25) is 0 Å². The van der Waals surface area contributed by atoms with Gasteiger partial charge in [0.2, 0.25) is 5.95 Å². The number of benzene rings is 1. The summed E-state index contributed by atoms with van der Waals surface area (Å²) in [4.78, 5) is 8.05. The summed E-state index contributed by atoms with van der Waals surface area (Å²) >= 11 is 0. The molecule has 1 aliphatic carbocycles. The molecular formula is C28H28F4N8. The molecular weight excluding hydrogens is 524 g/mol. The van der Waals surface area contributed by atoms with Gasteiger partial charge in [0.25, 0.3) is 6.43 Å². The Kier molecular flexibility index (Phi) is 6.85. The average Bonchev–Trinajstić information content (AvgIpc) is 3.56. The van der Waals surface area contributed by atoms with E-state index in [0.29, 0.717) is 34.6 Å². The van der Waals surface area contributed by atoms with Gasteiger partial charge in [0.05, 0.1) is 23.5 Å². The van der Waals surface area contributed by atoms with Crippen LogP contribution in [0.25, 0.3) is 10.9 Å². The lowest BCUT2D eigenvalue weighted by molar-refractivity contribution is 0.0593. The maximum atomic E-state index is 15.4. The smallest absolute Gasteiger partial charge is 0.263 e. The van der Waals surface area contributed by atoms with Crippen LogP contribution in [-0.4, -0.2) is 37.9 Å². The highest BCUT2D eigenvalue weighted by atomic mass is 19.3. The summed E-state index contributed by atoms with van der Waals surface area (Å²) < 4.78 is 57.9. The van der Waals surface area contributed by atoms with Crippen LogP contribution < -0.4 is 10.6 Å². The molecule has 1 aliphatic rings. The third kappa shape index (κ3) is 5.15. The molecule has 1 fully saturated rings. The number of pyridine rings is 2. The number of alkyl halides is 2. The van der Waals surface area contributed by atoms with Crippen molar-refractivity contribution in [2.75, 3.05) is 17.2 Å². The molecule has 0 aliphatic heterocycles. The van der Waals surface area contributed by atoms with Gasteiger partial charge in [-0.1, -0.05) is 32.1 Å². The Morgan fingerprint density at radius 1 is 1.18 bits per heavy atom. The van der Waals surface area contributed by atoms with E-state index in [1.807, 2.05) is 20.8 Å². The number of aromatic nitrogens is 5. The molecule has 1 aromatic carbocycles. The molecule has 3 aromatic heterocycles. The molecule has 0 radical (unpaired) electrons. The molecule has 1 atom stereocenters. The number of nitrogens with zero attached hydrogens (tertiary/aromatic N) is 6. The van der Waals surface area contributed by atoms with Crippen LogP contribution in [0.15, 0.2) is 36.7 Å². The summed E-state index contributed by atoms with van der Waals surface area (Å²) in [6.07, 6.45) is 0.699. The second-order valence-corrected chi connectivity index (χ2v) is 11.3. The van der Waals surface area contributed by atoms with Crippen LogP contribution in [-0.2, 0) is 5.54 Å². The highest BCUT2D eigenvalue weighted by Crippen LogP contribution is 2.48. The zero-order valence-electron chi connectivity index (χ0n) is 22.4. The number of hydrogen-bond acceptors (Lipinski definition) is 7. The summed E-state index contributed by atoms with van der Waals surface area (Å²) in [5.74, 6) is -1.31. The molecule has 5 rings (SSSR count). The third-order valence-corrected chi connectivity index (χ3v) is 6.99. The predicted molar refractivity (Wildman–Crippen MR) is 142 cm³/mol. The second kappa shape index (κ2) is 10.0. The third-order valence-electron chi connectivity index (χ3n) is 6.99. The SMILES string of the molecule is Cc1nc(F)ccc1C(Nc1cc(F)c2ncc(C#N)c(NCC(C)(C)C)c2c1)c1cn(C2(C(F)F)CC2)nn1. The molecule has 2 N–H and O–H groups in total. The summed E-state index contributed by atoms with van der Waals surface area (Å²) in [6, 6.07) is 6.88. The molecule has 1 saturated carbocycles. The van der Waals surface area contributed by atoms with Gasteiger partial charge in [-0.05, 0) is 43.4 Å². The van der Waals surface area contributed by atoms with Gasteiger partial charge in [-0.15, -0.1) is 5.10 Å². The van der Waals surface area contributed by atoms with E-state index < -0.39 is 29.8 Å². The normalized spacial score (nSPS) is 15.2. The van der Waals surface area contributed by atoms with E-state index in [1.54, 1.807) is 13.0 Å². The Morgan fingerprint density at radius 2 is 1.93 bits per heavy atom. The lowest BCUT2D eigenvalue weighted by Crippen LogP contribution is -2.26. The Morgan fingerprint density at radius 3 is 2.55 bits per heavy atom. The Bertz CT molecular complexity index is 1620. The number of hydrogen-bond donors (Lipinski definition) is 2. The first kappa shape index (κ1) is 27.3. The number of halogens is 4. The van der Waals surface area contributed by atoms with Crippen molar-refractivity contribution < 1.29 is 17.6 Å². The van der Waals surface area contributed by atoms with Gasteiger partial charge in [0.15, 0.2) is 5.82 Å². The minimum atomic E-state index is -2.61. The quantitative estimate of drug-likeness (QED) is 0.201. The van der Waals surface area contributed by atoms with Crippen LogP contribution in [0.1, 0.15) is 62.2 Å². The number of nitrogens with one attached hydrogen (secondary N) is 2. The summed E-state index contributed by atoms with van der Waals surface area (Å²) in [6.45, 7) is 8.20. The summed E-state index contributed by atoms with van der Waals surface area (Å²) in [7, 11) is 0. The molecule has 0 saturated heterocycles. The highest BCUT2D eigenvalue weighted by Gasteiger charge is 2.54. The number of anilines is 2. The van der Waals surface area contributed by atoms with Crippen molar-refractivity contribution in [2.45, 2.75) is 58.5 Å². The largest absolute Gasteiger partial charge is 0.383 e. The molecule has 0 amide bonds. The molecule has 1 unspecified atom stereocenters. The molecule has 40 heavy (non-hydrogen) atoms. The summed E-state index contributed by atoms with van der Waals surface area (Å²) in [5, 5.41) is 24.7. The zero-order chi connectivity index (χ0) is 28.8.